The molecule has 15 heavy (non-hydrogen) atoms. The number of aryl methyl sites for hydroxylation is 1. The summed E-state index contributed by atoms with van der Waals surface area (Å²) in [6, 6.07) is 5.21. The summed E-state index contributed by atoms with van der Waals surface area (Å²) < 4.78 is 24.3. The molecule has 0 bridgehead atoms. The topological polar surface area (TPSA) is 63.4 Å². The molecule has 0 unspecified atom stereocenters. The van der Waals surface area contributed by atoms with E-state index in [4.69, 9.17) is 5.73 Å². The van der Waals surface area contributed by atoms with E-state index >= 15 is 0 Å². The van der Waals surface area contributed by atoms with Gasteiger partial charge in [0.1, 0.15) is 0 Å². The molecule has 0 fully saturated rings. The SMILES string of the molecule is CCN(c1ccc(N)c(C)c1)S(C)(=O)=O. The van der Waals surface area contributed by atoms with Crippen LogP contribution in [0.2, 0.25) is 0 Å². The van der Waals surface area contributed by atoms with Crippen molar-refractivity contribution in [3.8, 4) is 0 Å². The highest BCUT2D eigenvalue weighted by atomic mass is 32.2. The average molecular weight is 228 g/mol. The van der Waals surface area contributed by atoms with Crippen LogP contribution in [0.4, 0.5) is 11.4 Å². The van der Waals surface area contributed by atoms with E-state index in [1.165, 1.54) is 10.6 Å². The van der Waals surface area contributed by atoms with Crippen LogP contribution in [0.5, 0.6) is 0 Å². The van der Waals surface area contributed by atoms with E-state index < -0.39 is 10.0 Å². The lowest BCUT2D eigenvalue weighted by atomic mass is 10.2. The second-order valence-corrected chi connectivity index (χ2v) is 5.38. The Kier molecular flexibility index (Phi) is 3.24. The molecule has 2 N–H and O–H groups in total. The first kappa shape index (κ1) is 11.8. The van der Waals surface area contributed by atoms with Gasteiger partial charge in [0.25, 0.3) is 0 Å². The van der Waals surface area contributed by atoms with Gasteiger partial charge in [-0.1, -0.05) is 0 Å². The lowest BCUT2D eigenvalue weighted by Crippen LogP contribution is -2.29. The molecule has 5 heteroatoms. The standard InChI is InChI=1S/C10H16N2O2S/c1-4-12(15(3,13)14)9-5-6-10(11)8(2)7-9/h5-7H,4,11H2,1-3H3. The lowest BCUT2D eigenvalue weighted by molar-refractivity contribution is 0.598. The Balaban J connectivity index is 3.20. The van der Waals surface area contributed by atoms with Crippen LogP contribution in [0.1, 0.15) is 12.5 Å². The summed E-state index contributed by atoms with van der Waals surface area (Å²) in [7, 11) is -3.21. The van der Waals surface area contributed by atoms with Gasteiger partial charge in [-0.15, -0.1) is 0 Å². The number of nitrogen functional groups attached to an aromatic ring is 1. The highest BCUT2D eigenvalue weighted by Gasteiger charge is 2.15. The van der Waals surface area contributed by atoms with Crippen LogP contribution in [0, 0.1) is 6.92 Å². The van der Waals surface area contributed by atoms with Crippen molar-refractivity contribution in [2.75, 3.05) is 22.8 Å². The van der Waals surface area contributed by atoms with Crippen molar-refractivity contribution in [1.82, 2.24) is 0 Å². The number of sulfonamides is 1. The van der Waals surface area contributed by atoms with E-state index in [2.05, 4.69) is 0 Å². The maximum atomic E-state index is 11.5. The second-order valence-electron chi connectivity index (χ2n) is 3.47. The van der Waals surface area contributed by atoms with Crippen molar-refractivity contribution >= 4 is 21.4 Å². The minimum absolute atomic E-state index is 0.419. The fourth-order valence-corrected chi connectivity index (χ4v) is 2.39. The van der Waals surface area contributed by atoms with Gasteiger partial charge >= 0.3 is 0 Å². The fourth-order valence-electron chi connectivity index (χ4n) is 1.42. The Labute approximate surface area is 90.8 Å². The number of anilines is 2. The molecule has 0 aliphatic heterocycles. The maximum absolute atomic E-state index is 11.5. The van der Waals surface area contributed by atoms with Gasteiger partial charge in [-0.2, -0.15) is 0 Å². The molecule has 0 aliphatic carbocycles. The van der Waals surface area contributed by atoms with Crippen LogP contribution in [-0.2, 0) is 10.0 Å². The number of benzene rings is 1. The Morgan fingerprint density at radius 1 is 1.40 bits per heavy atom. The Hall–Kier alpha value is -1.23. The third kappa shape index (κ3) is 2.62. The van der Waals surface area contributed by atoms with Crippen molar-refractivity contribution in [3.05, 3.63) is 23.8 Å². The van der Waals surface area contributed by atoms with Gasteiger partial charge < -0.3 is 5.73 Å². The molecule has 0 heterocycles. The molecule has 84 valence electrons. The minimum atomic E-state index is -3.21. The summed E-state index contributed by atoms with van der Waals surface area (Å²) in [5.41, 5.74) is 7.88. The zero-order chi connectivity index (χ0) is 11.6. The van der Waals surface area contributed by atoms with Crippen LogP contribution in [-0.4, -0.2) is 21.2 Å². The van der Waals surface area contributed by atoms with E-state index in [0.29, 0.717) is 17.9 Å². The molecule has 4 nitrogen and oxygen atoms in total. The molecule has 0 saturated carbocycles. The number of nitrogens with zero attached hydrogens (tertiary/aromatic N) is 1. The van der Waals surface area contributed by atoms with Gasteiger partial charge in [-0.3, -0.25) is 4.31 Å². The minimum Gasteiger partial charge on any atom is -0.399 e. The number of hydrogen-bond acceptors (Lipinski definition) is 3. The molecule has 0 aromatic heterocycles. The number of nitrogens with two attached hydrogens (primary N) is 1. The van der Waals surface area contributed by atoms with Gasteiger partial charge in [-0.05, 0) is 37.6 Å². The molecule has 1 aromatic rings. The molecule has 0 amide bonds. The predicted molar refractivity (Wildman–Crippen MR) is 63.5 cm³/mol. The predicted octanol–water partition coefficient (Wildman–Crippen LogP) is 1.36. The first-order chi connectivity index (χ1) is 6.86. The molecule has 1 rings (SSSR count). The first-order valence-electron chi connectivity index (χ1n) is 4.70. The zero-order valence-corrected chi connectivity index (χ0v) is 10.0. The van der Waals surface area contributed by atoms with E-state index in [9.17, 15) is 8.42 Å². The average Bonchev–Trinajstić information content (AvgIpc) is 2.10. The molecular formula is C10H16N2O2S. The van der Waals surface area contributed by atoms with Crippen molar-refractivity contribution < 1.29 is 8.42 Å². The van der Waals surface area contributed by atoms with Crippen LogP contribution >= 0.6 is 0 Å². The summed E-state index contributed by atoms with van der Waals surface area (Å²) >= 11 is 0. The van der Waals surface area contributed by atoms with Gasteiger partial charge in [0.15, 0.2) is 0 Å². The summed E-state index contributed by atoms with van der Waals surface area (Å²) in [6.07, 6.45) is 1.20. The molecule has 1 aromatic carbocycles. The van der Waals surface area contributed by atoms with Crippen molar-refractivity contribution in [2.24, 2.45) is 0 Å². The summed E-state index contributed by atoms with van der Waals surface area (Å²) in [5, 5.41) is 0. The van der Waals surface area contributed by atoms with Crippen LogP contribution in [0.3, 0.4) is 0 Å². The molecule has 0 saturated heterocycles. The number of rotatable bonds is 3. The Bertz CT molecular complexity index is 454. The van der Waals surface area contributed by atoms with Crippen LogP contribution < -0.4 is 10.0 Å². The third-order valence-corrected chi connectivity index (χ3v) is 3.50. The maximum Gasteiger partial charge on any atom is 0.232 e. The van der Waals surface area contributed by atoms with Crippen LogP contribution in [0.15, 0.2) is 18.2 Å². The quantitative estimate of drug-likeness (QED) is 0.795. The first-order valence-corrected chi connectivity index (χ1v) is 6.55. The van der Waals surface area contributed by atoms with Gasteiger partial charge in [0.05, 0.1) is 11.9 Å². The van der Waals surface area contributed by atoms with Crippen molar-refractivity contribution in [1.29, 1.82) is 0 Å². The van der Waals surface area contributed by atoms with E-state index in [1.54, 1.807) is 25.1 Å². The molecule has 0 aliphatic rings. The lowest BCUT2D eigenvalue weighted by Gasteiger charge is -2.21. The Morgan fingerprint density at radius 3 is 2.40 bits per heavy atom. The van der Waals surface area contributed by atoms with Crippen LogP contribution in [0.25, 0.3) is 0 Å². The molecule has 0 spiro atoms. The summed E-state index contributed by atoms with van der Waals surface area (Å²) in [6.45, 7) is 4.07. The Morgan fingerprint density at radius 2 is 2.00 bits per heavy atom. The highest BCUT2D eigenvalue weighted by Crippen LogP contribution is 2.22. The molecular weight excluding hydrogens is 212 g/mol. The molecule has 0 atom stereocenters. The fraction of sp³-hybridized carbons (Fsp3) is 0.400. The second kappa shape index (κ2) is 4.10. The van der Waals surface area contributed by atoms with Crippen molar-refractivity contribution in [2.45, 2.75) is 13.8 Å². The van der Waals surface area contributed by atoms with E-state index in [0.717, 1.165) is 5.56 Å². The smallest absolute Gasteiger partial charge is 0.232 e. The summed E-state index contributed by atoms with van der Waals surface area (Å²) in [5.74, 6) is 0. The number of hydrogen-bond donors (Lipinski definition) is 1. The summed E-state index contributed by atoms with van der Waals surface area (Å²) in [4.78, 5) is 0. The van der Waals surface area contributed by atoms with E-state index in [1.807, 2.05) is 6.92 Å². The van der Waals surface area contributed by atoms with Gasteiger partial charge in [0.2, 0.25) is 10.0 Å². The molecule has 0 radical (unpaired) electrons. The third-order valence-electron chi connectivity index (χ3n) is 2.23. The van der Waals surface area contributed by atoms with Crippen molar-refractivity contribution in [3.63, 3.8) is 0 Å². The largest absolute Gasteiger partial charge is 0.399 e. The van der Waals surface area contributed by atoms with Gasteiger partial charge in [0, 0.05) is 12.2 Å². The normalized spacial score (nSPS) is 11.4. The monoisotopic (exact) mass is 228 g/mol. The zero-order valence-electron chi connectivity index (χ0n) is 9.19. The van der Waals surface area contributed by atoms with E-state index in [-0.39, 0.29) is 0 Å². The highest BCUT2D eigenvalue weighted by molar-refractivity contribution is 7.92. The van der Waals surface area contributed by atoms with Gasteiger partial charge in [-0.25, -0.2) is 8.42 Å².